The number of hydrogen-bond donors (Lipinski definition) is 0. The Kier molecular flexibility index (Phi) is 4.97. The van der Waals surface area contributed by atoms with E-state index in [1.54, 1.807) is 18.1 Å². The monoisotopic (exact) mass is 282 g/mol. The standard InChI is InChI=1S/C14H15ClO4/c15-13-8-4-7-11(12(13)9-16)14(17)19-18-10-5-2-1-3-6-10/h4,7-8,10,13H,1-3,5-6H2. The van der Waals surface area contributed by atoms with Crippen LogP contribution in [0.3, 0.4) is 0 Å². The predicted octanol–water partition coefficient (Wildman–Crippen LogP) is 2.66. The zero-order valence-electron chi connectivity index (χ0n) is 10.4. The fraction of sp³-hybridized carbons (Fsp3) is 0.500. The highest BCUT2D eigenvalue weighted by Gasteiger charge is 2.26. The smallest absolute Gasteiger partial charge is 0.293 e. The second-order valence-corrected chi connectivity index (χ2v) is 5.08. The normalized spacial score (nSPS) is 23.7. The average molecular weight is 283 g/mol. The summed E-state index contributed by atoms with van der Waals surface area (Å²) in [7, 11) is 0. The van der Waals surface area contributed by atoms with Gasteiger partial charge in [0.25, 0.3) is 0 Å². The Morgan fingerprint density at radius 1 is 1.32 bits per heavy atom. The third kappa shape index (κ3) is 3.57. The topological polar surface area (TPSA) is 52.6 Å². The quantitative estimate of drug-likeness (QED) is 0.346. The molecule has 2 aliphatic rings. The molecule has 2 aliphatic carbocycles. The van der Waals surface area contributed by atoms with E-state index in [0.29, 0.717) is 0 Å². The summed E-state index contributed by atoms with van der Waals surface area (Å²) in [6.45, 7) is 0. The number of rotatable bonds is 3. The molecule has 0 aromatic heterocycles. The highest BCUT2D eigenvalue weighted by atomic mass is 35.5. The van der Waals surface area contributed by atoms with Crippen LogP contribution in [0.2, 0.25) is 0 Å². The molecule has 4 nitrogen and oxygen atoms in total. The van der Waals surface area contributed by atoms with Crippen LogP contribution in [-0.4, -0.2) is 23.4 Å². The van der Waals surface area contributed by atoms with Crippen LogP contribution < -0.4 is 0 Å². The van der Waals surface area contributed by atoms with E-state index in [2.05, 4.69) is 0 Å². The van der Waals surface area contributed by atoms with Crippen molar-refractivity contribution in [3.05, 3.63) is 29.4 Å². The van der Waals surface area contributed by atoms with Crippen LogP contribution in [0.4, 0.5) is 0 Å². The van der Waals surface area contributed by atoms with Crippen molar-refractivity contribution in [2.45, 2.75) is 43.6 Å². The molecule has 0 N–H and O–H groups in total. The molecular weight excluding hydrogens is 268 g/mol. The number of carbonyl (C=O) groups excluding carboxylic acids is 2. The van der Waals surface area contributed by atoms with Crippen LogP contribution in [0.5, 0.6) is 0 Å². The summed E-state index contributed by atoms with van der Waals surface area (Å²) < 4.78 is 0. The SMILES string of the molecule is O=C=C1C(C(=O)OOC2CCCCC2)=CC=CC1Cl. The Hall–Kier alpha value is -1.35. The molecule has 1 saturated carbocycles. The van der Waals surface area contributed by atoms with Gasteiger partial charge >= 0.3 is 5.97 Å². The Bertz CT molecular complexity index is 454. The van der Waals surface area contributed by atoms with Gasteiger partial charge in [-0.05, 0) is 18.9 Å². The molecule has 5 heteroatoms. The number of allylic oxidation sites excluding steroid dienone is 3. The third-order valence-corrected chi connectivity index (χ3v) is 3.61. The maximum absolute atomic E-state index is 11.8. The second kappa shape index (κ2) is 6.71. The van der Waals surface area contributed by atoms with Crippen LogP contribution in [0.1, 0.15) is 32.1 Å². The first kappa shape index (κ1) is 14.1. The molecule has 0 radical (unpaired) electrons. The Balaban J connectivity index is 1.93. The van der Waals surface area contributed by atoms with E-state index in [4.69, 9.17) is 21.4 Å². The van der Waals surface area contributed by atoms with Crippen LogP contribution in [0.15, 0.2) is 29.4 Å². The van der Waals surface area contributed by atoms with Gasteiger partial charge in [-0.1, -0.05) is 31.4 Å². The molecular formula is C14H15ClO4. The van der Waals surface area contributed by atoms with E-state index < -0.39 is 11.3 Å². The summed E-state index contributed by atoms with van der Waals surface area (Å²) in [5, 5.41) is -0.653. The molecule has 0 aromatic carbocycles. The van der Waals surface area contributed by atoms with Gasteiger partial charge in [0.05, 0.1) is 16.5 Å². The lowest BCUT2D eigenvalue weighted by Crippen LogP contribution is -2.22. The van der Waals surface area contributed by atoms with Crippen molar-refractivity contribution in [1.82, 2.24) is 0 Å². The molecule has 19 heavy (non-hydrogen) atoms. The second-order valence-electron chi connectivity index (χ2n) is 4.61. The zero-order chi connectivity index (χ0) is 13.7. The fourth-order valence-electron chi connectivity index (χ4n) is 2.19. The molecule has 0 spiro atoms. The first-order valence-electron chi connectivity index (χ1n) is 6.38. The summed E-state index contributed by atoms with van der Waals surface area (Å²) in [6, 6.07) is 0. The van der Waals surface area contributed by atoms with Crippen molar-refractivity contribution in [3.63, 3.8) is 0 Å². The van der Waals surface area contributed by atoms with E-state index in [1.807, 2.05) is 0 Å². The highest BCUT2D eigenvalue weighted by Crippen LogP contribution is 2.25. The summed E-state index contributed by atoms with van der Waals surface area (Å²) in [5.41, 5.74) is 0.190. The average Bonchev–Trinajstić information content (AvgIpc) is 2.45. The molecule has 1 atom stereocenters. The Morgan fingerprint density at radius 2 is 2.05 bits per heavy atom. The molecule has 1 fully saturated rings. The fourth-order valence-corrected chi connectivity index (χ4v) is 2.44. The van der Waals surface area contributed by atoms with Crippen LogP contribution in [0, 0.1) is 0 Å². The van der Waals surface area contributed by atoms with Gasteiger partial charge in [-0.3, -0.25) is 4.89 Å². The van der Waals surface area contributed by atoms with Crippen molar-refractivity contribution in [1.29, 1.82) is 0 Å². The minimum absolute atomic E-state index is 0.0482. The summed E-state index contributed by atoms with van der Waals surface area (Å²) >= 11 is 5.89. The van der Waals surface area contributed by atoms with Gasteiger partial charge in [-0.25, -0.2) is 9.59 Å². The van der Waals surface area contributed by atoms with Crippen LogP contribution >= 0.6 is 11.6 Å². The maximum atomic E-state index is 11.8. The molecule has 0 bridgehead atoms. The van der Waals surface area contributed by atoms with E-state index in [-0.39, 0.29) is 17.3 Å². The predicted molar refractivity (Wildman–Crippen MR) is 70.1 cm³/mol. The van der Waals surface area contributed by atoms with Gasteiger partial charge in [-0.2, -0.15) is 4.89 Å². The number of halogens is 1. The minimum Gasteiger partial charge on any atom is -0.293 e. The minimum atomic E-state index is -0.695. The van der Waals surface area contributed by atoms with Gasteiger partial charge in [0, 0.05) is 0 Å². The lowest BCUT2D eigenvalue weighted by molar-refractivity contribution is -0.298. The van der Waals surface area contributed by atoms with Crippen molar-refractivity contribution in [3.8, 4) is 0 Å². The molecule has 102 valence electrons. The van der Waals surface area contributed by atoms with E-state index >= 15 is 0 Å². The molecule has 0 heterocycles. The van der Waals surface area contributed by atoms with E-state index in [0.717, 1.165) is 25.7 Å². The van der Waals surface area contributed by atoms with Crippen LogP contribution in [-0.2, 0) is 19.4 Å². The maximum Gasteiger partial charge on any atom is 0.374 e. The Morgan fingerprint density at radius 3 is 2.74 bits per heavy atom. The van der Waals surface area contributed by atoms with Crippen molar-refractivity contribution in [2.24, 2.45) is 0 Å². The largest absolute Gasteiger partial charge is 0.374 e. The molecule has 0 amide bonds. The molecule has 0 aromatic rings. The van der Waals surface area contributed by atoms with E-state index in [9.17, 15) is 9.59 Å². The van der Waals surface area contributed by atoms with Gasteiger partial charge in [0.1, 0.15) is 12.0 Å². The van der Waals surface area contributed by atoms with Gasteiger partial charge in [0.15, 0.2) is 0 Å². The number of hydrogen-bond acceptors (Lipinski definition) is 4. The summed E-state index contributed by atoms with van der Waals surface area (Å²) in [6.07, 6.45) is 9.76. The van der Waals surface area contributed by atoms with E-state index in [1.165, 1.54) is 12.5 Å². The zero-order valence-corrected chi connectivity index (χ0v) is 11.2. The lowest BCUT2D eigenvalue weighted by atomic mass is 9.98. The molecule has 1 unspecified atom stereocenters. The van der Waals surface area contributed by atoms with Crippen LogP contribution in [0.25, 0.3) is 0 Å². The number of alkyl halides is 1. The lowest BCUT2D eigenvalue weighted by Gasteiger charge is -2.20. The summed E-state index contributed by atoms with van der Waals surface area (Å²) in [5.74, 6) is 0.986. The van der Waals surface area contributed by atoms with Crippen molar-refractivity contribution in [2.75, 3.05) is 0 Å². The Labute approximate surface area is 116 Å². The first-order valence-corrected chi connectivity index (χ1v) is 6.81. The van der Waals surface area contributed by atoms with Gasteiger partial charge < -0.3 is 0 Å². The van der Waals surface area contributed by atoms with Gasteiger partial charge in [-0.15, -0.1) is 11.6 Å². The third-order valence-electron chi connectivity index (χ3n) is 3.25. The number of carbonyl (C=O) groups is 1. The first-order chi connectivity index (χ1) is 9.22. The van der Waals surface area contributed by atoms with Gasteiger partial charge in [0.2, 0.25) is 0 Å². The molecule has 0 aliphatic heterocycles. The summed E-state index contributed by atoms with van der Waals surface area (Å²) in [4.78, 5) is 32.6. The van der Waals surface area contributed by atoms with Crippen molar-refractivity contribution < 1.29 is 19.4 Å². The molecule has 0 saturated heterocycles. The van der Waals surface area contributed by atoms with Crippen molar-refractivity contribution >= 4 is 23.5 Å². The molecule has 2 rings (SSSR count). The highest BCUT2D eigenvalue weighted by molar-refractivity contribution is 6.26.